The lowest BCUT2D eigenvalue weighted by atomic mass is 10.2. The van der Waals surface area contributed by atoms with Crippen molar-refractivity contribution < 1.29 is 4.79 Å². The summed E-state index contributed by atoms with van der Waals surface area (Å²) in [7, 11) is 0. The van der Waals surface area contributed by atoms with Crippen LogP contribution in [0.3, 0.4) is 0 Å². The van der Waals surface area contributed by atoms with Crippen molar-refractivity contribution in [1.82, 2.24) is 4.98 Å². The largest absolute Gasteiger partial charge is 0.358 e. The minimum atomic E-state index is -0.496. The number of nitrogens with zero attached hydrogens (tertiary/aromatic N) is 2. The van der Waals surface area contributed by atoms with Crippen LogP contribution in [-0.4, -0.2) is 10.9 Å². The fourth-order valence-corrected chi connectivity index (χ4v) is 1.87. The van der Waals surface area contributed by atoms with E-state index in [1.165, 1.54) is 6.20 Å². The van der Waals surface area contributed by atoms with Crippen LogP contribution in [0.25, 0.3) is 0 Å². The Labute approximate surface area is 133 Å². The molecule has 110 valence electrons. The van der Waals surface area contributed by atoms with Gasteiger partial charge in [-0.25, -0.2) is 4.98 Å². The van der Waals surface area contributed by atoms with Crippen LogP contribution in [0.1, 0.15) is 5.56 Å². The molecule has 22 heavy (non-hydrogen) atoms. The Morgan fingerprint density at radius 2 is 2.00 bits per heavy atom. The van der Waals surface area contributed by atoms with Crippen LogP contribution < -0.4 is 10.6 Å². The summed E-state index contributed by atoms with van der Waals surface area (Å²) in [5.41, 5.74) is 2.02. The molecule has 0 unspecified atom stereocenters. The molecule has 0 saturated heterocycles. The Morgan fingerprint density at radius 3 is 2.68 bits per heavy atom. The van der Waals surface area contributed by atoms with Crippen LogP contribution in [0.5, 0.6) is 0 Å². The smallest absolute Gasteiger partial charge is 0.267 e. The third-order valence-corrected chi connectivity index (χ3v) is 3.19. The third-order valence-electron chi connectivity index (χ3n) is 2.89. The molecular weight excluding hydrogens is 300 g/mol. The zero-order chi connectivity index (χ0) is 15.9. The minimum Gasteiger partial charge on any atom is -0.358 e. The average molecular weight is 313 g/mol. The van der Waals surface area contributed by atoms with E-state index < -0.39 is 5.91 Å². The van der Waals surface area contributed by atoms with Crippen LogP contribution in [0.4, 0.5) is 11.4 Å². The molecular formula is C16H13ClN4O. The first kappa shape index (κ1) is 15.5. The predicted octanol–water partition coefficient (Wildman–Crippen LogP) is 3.50. The molecule has 1 aromatic carbocycles. The van der Waals surface area contributed by atoms with E-state index in [0.717, 1.165) is 5.56 Å². The number of pyridine rings is 1. The number of nitriles is 1. The van der Waals surface area contributed by atoms with Gasteiger partial charge in [0.1, 0.15) is 11.6 Å². The maximum Gasteiger partial charge on any atom is 0.267 e. The lowest BCUT2D eigenvalue weighted by Gasteiger charge is -2.08. The molecule has 0 bridgehead atoms. The van der Waals surface area contributed by atoms with Crippen molar-refractivity contribution in [3.63, 3.8) is 0 Å². The number of carbonyl (C=O) groups is 1. The molecule has 0 saturated carbocycles. The summed E-state index contributed by atoms with van der Waals surface area (Å²) in [6.45, 7) is 1.87. The molecule has 0 aliphatic rings. The molecule has 6 heteroatoms. The van der Waals surface area contributed by atoms with Crippen molar-refractivity contribution >= 4 is 28.9 Å². The average Bonchev–Trinajstić information content (AvgIpc) is 2.52. The van der Waals surface area contributed by atoms with Gasteiger partial charge in [0, 0.05) is 18.1 Å². The quantitative estimate of drug-likeness (QED) is 0.514. The van der Waals surface area contributed by atoms with Gasteiger partial charge in [0.25, 0.3) is 5.91 Å². The molecule has 2 aromatic rings. The lowest BCUT2D eigenvalue weighted by Crippen LogP contribution is -2.15. The Kier molecular flexibility index (Phi) is 5.12. The first-order valence-corrected chi connectivity index (χ1v) is 6.84. The summed E-state index contributed by atoms with van der Waals surface area (Å²) in [6, 6.07) is 12.6. The van der Waals surface area contributed by atoms with Crippen molar-refractivity contribution in [3.8, 4) is 6.07 Å². The van der Waals surface area contributed by atoms with Crippen molar-refractivity contribution in [3.05, 3.63) is 65.1 Å². The summed E-state index contributed by atoms with van der Waals surface area (Å²) in [5, 5.41) is 14.9. The van der Waals surface area contributed by atoms with Gasteiger partial charge >= 0.3 is 0 Å². The molecule has 1 amide bonds. The lowest BCUT2D eigenvalue weighted by molar-refractivity contribution is -0.112. The molecule has 1 aromatic heterocycles. The van der Waals surface area contributed by atoms with Crippen LogP contribution in [0, 0.1) is 18.3 Å². The zero-order valence-corrected chi connectivity index (χ0v) is 12.6. The monoisotopic (exact) mass is 312 g/mol. The highest BCUT2D eigenvalue weighted by molar-refractivity contribution is 6.32. The molecule has 5 nitrogen and oxygen atoms in total. The molecule has 0 radical (unpaired) electrons. The number of anilines is 2. The standard InChI is InChI=1S/C16H13ClN4O/c1-11-5-2-3-6-13(11)21-16(22)12(9-18)10-20-14-7-4-8-19-15(14)17/h2-8,10,20H,1H3,(H,21,22)/b12-10-. The molecule has 0 aliphatic heterocycles. The summed E-state index contributed by atoms with van der Waals surface area (Å²) in [6.07, 6.45) is 2.85. The Bertz CT molecular complexity index is 765. The molecule has 1 heterocycles. The van der Waals surface area contributed by atoms with Crippen molar-refractivity contribution in [2.75, 3.05) is 10.6 Å². The number of amides is 1. The molecule has 0 aliphatic carbocycles. The molecule has 2 N–H and O–H groups in total. The number of aryl methyl sites for hydroxylation is 1. The van der Waals surface area contributed by atoms with Crippen LogP contribution in [-0.2, 0) is 4.79 Å². The van der Waals surface area contributed by atoms with Gasteiger partial charge in [0.15, 0.2) is 5.15 Å². The zero-order valence-electron chi connectivity index (χ0n) is 11.8. The highest BCUT2D eigenvalue weighted by atomic mass is 35.5. The number of hydrogen-bond donors (Lipinski definition) is 2. The van der Waals surface area contributed by atoms with Gasteiger partial charge in [-0.2, -0.15) is 5.26 Å². The van der Waals surface area contributed by atoms with Gasteiger partial charge in [0.05, 0.1) is 5.69 Å². The summed E-state index contributed by atoms with van der Waals surface area (Å²) < 4.78 is 0. The highest BCUT2D eigenvalue weighted by Crippen LogP contribution is 2.18. The van der Waals surface area contributed by atoms with Gasteiger partial charge in [-0.15, -0.1) is 0 Å². The van der Waals surface area contributed by atoms with E-state index in [9.17, 15) is 4.79 Å². The second kappa shape index (κ2) is 7.25. The van der Waals surface area contributed by atoms with E-state index in [4.69, 9.17) is 16.9 Å². The molecule has 0 fully saturated rings. The van der Waals surface area contributed by atoms with Crippen LogP contribution >= 0.6 is 11.6 Å². The SMILES string of the molecule is Cc1ccccc1NC(=O)/C(C#N)=C\Nc1cccnc1Cl. The first-order valence-electron chi connectivity index (χ1n) is 6.46. The Hall–Kier alpha value is -2.84. The van der Waals surface area contributed by atoms with E-state index in [0.29, 0.717) is 11.4 Å². The molecule has 0 spiro atoms. The van der Waals surface area contributed by atoms with Crippen molar-refractivity contribution in [1.29, 1.82) is 5.26 Å². The fourth-order valence-electron chi connectivity index (χ4n) is 1.70. The summed E-state index contributed by atoms with van der Waals surface area (Å²) in [5.74, 6) is -0.496. The fraction of sp³-hybridized carbons (Fsp3) is 0.0625. The van der Waals surface area contributed by atoms with E-state index in [1.54, 1.807) is 24.4 Å². The number of para-hydroxylation sites is 1. The van der Waals surface area contributed by atoms with Gasteiger partial charge in [-0.1, -0.05) is 29.8 Å². The Balaban J connectivity index is 2.13. The number of carbonyl (C=O) groups excluding carboxylic acids is 1. The number of halogens is 1. The van der Waals surface area contributed by atoms with Gasteiger partial charge < -0.3 is 10.6 Å². The topological polar surface area (TPSA) is 77.8 Å². The summed E-state index contributed by atoms with van der Waals surface area (Å²) >= 11 is 5.89. The van der Waals surface area contributed by atoms with E-state index in [2.05, 4.69) is 15.6 Å². The minimum absolute atomic E-state index is 0.0665. The number of hydrogen-bond acceptors (Lipinski definition) is 4. The molecule has 0 atom stereocenters. The highest BCUT2D eigenvalue weighted by Gasteiger charge is 2.10. The predicted molar refractivity (Wildman–Crippen MR) is 86.4 cm³/mol. The number of benzene rings is 1. The van der Waals surface area contributed by atoms with Crippen LogP contribution in [0.2, 0.25) is 5.15 Å². The second-order valence-electron chi connectivity index (χ2n) is 4.42. The van der Waals surface area contributed by atoms with Gasteiger partial charge in [-0.3, -0.25) is 4.79 Å². The maximum absolute atomic E-state index is 12.1. The van der Waals surface area contributed by atoms with E-state index in [-0.39, 0.29) is 10.7 Å². The second-order valence-corrected chi connectivity index (χ2v) is 4.78. The normalized spacial score (nSPS) is 10.7. The molecule has 2 rings (SSSR count). The summed E-state index contributed by atoms with van der Waals surface area (Å²) in [4.78, 5) is 16.0. The van der Waals surface area contributed by atoms with E-state index >= 15 is 0 Å². The number of rotatable bonds is 4. The maximum atomic E-state index is 12.1. The van der Waals surface area contributed by atoms with E-state index in [1.807, 2.05) is 31.2 Å². The first-order chi connectivity index (χ1) is 10.6. The Morgan fingerprint density at radius 1 is 1.27 bits per heavy atom. The van der Waals surface area contributed by atoms with Crippen molar-refractivity contribution in [2.24, 2.45) is 0 Å². The number of aromatic nitrogens is 1. The number of nitrogens with one attached hydrogen (secondary N) is 2. The van der Waals surface area contributed by atoms with Gasteiger partial charge in [-0.05, 0) is 30.7 Å². The van der Waals surface area contributed by atoms with Gasteiger partial charge in [0.2, 0.25) is 0 Å². The van der Waals surface area contributed by atoms with Crippen molar-refractivity contribution in [2.45, 2.75) is 6.92 Å². The third kappa shape index (κ3) is 3.84. The van der Waals surface area contributed by atoms with Crippen LogP contribution in [0.15, 0.2) is 54.4 Å².